The molecule has 1 aliphatic heterocycles. The molecule has 1 fully saturated rings. The predicted molar refractivity (Wildman–Crippen MR) is 78.8 cm³/mol. The molecule has 1 saturated heterocycles. The molecule has 8 heteroatoms. The first-order valence-electron chi connectivity index (χ1n) is 6.26. The van der Waals surface area contributed by atoms with Crippen LogP contribution in [0.25, 0.3) is 0 Å². The van der Waals surface area contributed by atoms with E-state index in [1.807, 2.05) is 6.92 Å². The van der Waals surface area contributed by atoms with Crippen molar-refractivity contribution in [1.82, 2.24) is 9.71 Å². The van der Waals surface area contributed by atoms with E-state index < -0.39 is 10.0 Å². The van der Waals surface area contributed by atoms with Crippen molar-refractivity contribution in [3.63, 3.8) is 0 Å². The molecule has 3 N–H and O–H groups in total. The monoisotopic (exact) mass is 315 g/mol. The summed E-state index contributed by atoms with van der Waals surface area (Å²) in [6.45, 7) is 3.11. The summed E-state index contributed by atoms with van der Waals surface area (Å²) in [5.41, 5.74) is 5.83. The Balaban J connectivity index is 2.11. The first-order chi connectivity index (χ1) is 9.40. The minimum atomic E-state index is -3.59. The summed E-state index contributed by atoms with van der Waals surface area (Å²) in [5, 5.41) is 0. The van der Waals surface area contributed by atoms with Crippen molar-refractivity contribution in [1.29, 1.82) is 0 Å². The quantitative estimate of drug-likeness (QED) is 0.765. The Labute approximate surface area is 123 Å². The number of pyridine rings is 1. The molecular formula is C12H17N3O3S2. The van der Waals surface area contributed by atoms with Crippen molar-refractivity contribution in [2.45, 2.75) is 24.3 Å². The molecular weight excluding hydrogens is 298 g/mol. The first-order valence-corrected chi connectivity index (χ1v) is 8.15. The zero-order valence-electron chi connectivity index (χ0n) is 11.1. The van der Waals surface area contributed by atoms with Gasteiger partial charge in [-0.3, -0.25) is 4.98 Å². The number of aromatic nitrogens is 1. The average Bonchev–Trinajstić information content (AvgIpc) is 2.92. The number of nitrogens with zero attached hydrogens (tertiary/aromatic N) is 1. The minimum absolute atomic E-state index is 0.100. The van der Waals surface area contributed by atoms with Crippen LogP contribution in [0.2, 0.25) is 0 Å². The molecule has 0 spiro atoms. The second kappa shape index (κ2) is 6.13. The van der Waals surface area contributed by atoms with Gasteiger partial charge in [0.1, 0.15) is 9.88 Å². The molecule has 110 valence electrons. The third kappa shape index (κ3) is 3.51. The number of thiocarbonyl (C=S) groups is 1. The molecule has 2 rings (SSSR count). The minimum Gasteiger partial charge on any atom is -0.388 e. The highest BCUT2D eigenvalue weighted by Crippen LogP contribution is 2.18. The van der Waals surface area contributed by atoms with Gasteiger partial charge in [0.25, 0.3) is 0 Å². The highest BCUT2D eigenvalue weighted by molar-refractivity contribution is 7.89. The molecule has 1 aromatic heterocycles. The topological polar surface area (TPSA) is 94.3 Å². The Morgan fingerprint density at radius 2 is 2.35 bits per heavy atom. The molecule has 1 aromatic rings. The summed E-state index contributed by atoms with van der Waals surface area (Å²) < 4.78 is 32.4. The molecule has 0 aliphatic carbocycles. The van der Waals surface area contributed by atoms with Crippen LogP contribution in [0.3, 0.4) is 0 Å². The summed E-state index contributed by atoms with van der Waals surface area (Å²) in [7, 11) is -3.59. The van der Waals surface area contributed by atoms with Crippen LogP contribution in [0, 0.1) is 5.92 Å². The van der Waals surface area contributed by atoms with E-state index in [0.29, 0.717) is 18.9 Å². The van der Waals surface area contributed by atoms with Crippen LogP contribution < -0.4 is 10.5 Å². The highest BCUT2D eigenvalue weighted by atomic mass is 32.2. The van der Waals surface area contributed by atoms with Gasteiger partial charge in [0.2, 0.25) is 10.0 Å². The largest absolute Gasteiger partial charge is 0.388 e. The third-order valence-corrected chi connectivity index (χ3v) is 5.07. The molecule has 2 heterocycles. The molecule has 2 unspecified atom stereocenters. The third-order valence-electron chi connectivity index (χ3n) is 3.31. The fourth-order valence-electron chi connectivity index (χ4n) is 2.04. The average molecular weight is 315 g/mol. The predicted octanol–water partition coefficient (Wildman–Crippen LogP) is 0.419. The van der Waals surface area contributed by atoms with E-state index in [9.17, 15) is 8.42 Å². The maximum Gasteiger partial charge on any atom is 0.242 e. The van der Waals surface area contributed by atoms with Crippen molar-refractivity contribution in [3.05, 3.63) is 24.0 Å². The van der Waals surface area contributed by atoms with Crippen LogP contribution in [0.1, 0.15) is 19.0 Å². The fourth-order valence-corrected chi connectivity index (χ4v) is 3.42. The lowest BCUT2D eigenvalue weighted by Gasteiger charge is -2.19. The van der Waals surface area contributed by atoms with E-state index in [0.717, 1.165) is 6.42 Å². The summed E-state index contributed by atoms with van der Waals surface area (Å²) in [6.07, 6.45) is 2.12. The Morgan fingerprint density at radius 3 is 2.85 bits per heavy atom. The molecule has 20 heavy (non-hydrogen) atoms. The normalized spacial score (nSPS) is 20.8. The van der Waals surface area contributed by atoms with Gasteiger partial charge < -0.3 is 10.5 Å². The van der Waals surface area contributed by atoms with Gasteiger partial charge in [0.15, 0.2) is 0 Å². The van der Waals surface area contributed by atoms with Gasteiger partial charge in [0.05, 0.1) is 12.3 Å². The second-order valence-electron chi connectivity index (χ2n) is 4.78. The van der Waals surface area contributed by atoms with Gasteiger partial charge in [-0.1, -0.05) is 12.2 Å². The Bertz CT molecular complexity index is 580. The van der Waals surface area contributed by atoms with Crippen LogP contribution in [0.15, 0.2) is 23.2 Å². The van der Waals surface area contributed by atoms with Crippen LogP contribution in [-0.2, 0) is 14.8 Å². The SMILES string of the molecule is CC(NS(=O)(=O)c1ccc(C(N)=S)nc1)C1CCOC1. The standard InChI is InChI=1S/C12H17N3O3S2/c1-8(9-4-5-18-7-9)15-20(16,17)10-2-3-11(12(13)19)14-6-10/h2-3,6,8-9,15H,4-5,7H2,1H3,(H2,13,19). The van der Waals surface area contributed by atoms with E-state index >= 15 is 0 Å². The van der Waals surface area contributed by atoms with E-state index in [4.69, 9.17) is 22.7 Å². The number of hydrogen-bond acceptors (Lipinski definition) is 5. The fraction of sp³-hybridized carbons (Fsp3) is 0.500. The van der Waals surface area contributed by atoms with Crippen LogP contribution in [-0.4, -0.2) is 37.6 Å². The van der Waals surface area contributed by atoms with Crippen molar-refractivity contribution in [2.75, 3.05) is 13.2 Å². The molecule has 0 saturated carbocycles. The van der Waals surface area contributed by atoms with Crippen molar-refractivity contribution >= 4 is 27.2 Å². The molecule has 0 radical (unpaired) electrons. The number of ether oxygens (including phenoxy) is 1. The van der Waals surface area contributed by atoms with Gasteiger partial charge in [-0.25, -0.2) is 13.1 Å². The summed E-state index contributed by atoms with van der Waals surface area (Å²) in [5.74, 6) is 0.202. The van der Waals surface area contributed by atoms with E-state index in [2.05, 4.69) is 9.71 Å². The molecule has 2 atom stereocenters. The van der Waals surface area contributed by atoms with Crippen LogP contribution in [0.5, 0.6) is 0 Å². The number of hydrogen-bond donors (Lipinski definition) is 2. The molecule has 1 aliphatic rings. The Morgan fingerprint density at radius 1 is 1.60 bits per heavy atom. The van der Waals surface area contributed by atoms with Crippen LogP contribution in [0.4, 0.5) is 0 Å². The number of nitrogens with two attached hydrogens (primary N) is 1. The lowest BCUT2D eigenvalue weighted by atomic mass is 10.0. The van der Waals surface area contributed by atoms with Crippen molar-refractivity contribution in [2.24, 2.45) is 11.7 Å². The second-order valence-corrected chi connectivity index (χ2v) is 6.93. The maximum atomic E-state index is 12.2. The highest BCUT2D eigenvalue weighted by Gasteiger charge is 2.26. The van der Waals surface area contributed by atoms with Gasteiger partial charge in [0, 0.05) is 24.8 Å². The lowest BCUT2D eigenvalue weighted by Crippen LogP contribution is -2.38. The number of sulfonamides is 1. The number of nitrogens with one attached hydrogen (secondary N) is 1. The zero-order valence-corrected chi connectivity index (χ0v) is 12.7. The van der Waals surface area contributed by atoms with E-state index in [1.165, 1.54) is 18.3 Å². The molecule has 0 bridgehead atoms. The number of rotatable bonds is 5. The lowest BCUT2D eigenvalue weighted by molar-refractivity contribution is 0.180. The van der Waals surface area contributed by atoms with Gasteiger partial charge >= 0.3 is 0 Å². The molecule has 6 nitrogen and oxygen atoms in total. The smallest absolute Gasteiger partial charge is 0.242 e. The molecule has 0 amide bonds. The van der Waals surface area contributed by atoms with E-state index in [-0.39, 0.29) is 21.8 Å². The summed E-state index contributed by atoms with van der Waals surface area (Å²) in [6, 6.07) is 2.76. The molecule has 0 aromatic carbocycles. The summed E-state index contributed by atoms with van der Waals surface area (Å²) in [4.78, 5) is 4.18. The van der Waals surface area contributed by atoms with Crippen LogP contribution >= 0.6 is 12.2 Å². The Kier molecular flexibility index (Phi) is 4.69. The zero-order chi connectivity index (χ0) is 14.8. The Hall–Kier alpha value is -1.09. The van der Waals surface area contributed by atoms with Crippen molar-refractivity contribution < 1.29 is 13.2 Å². The van der Waals surface area contributed by atoms with Crippen molar-refractivity contribution in [3.8, 4) is 0 Å². The van der Waals surface area contributed by atoms with Gasteiger partial charge in [-0.2, -0.15) is 0 Å². The van der Waals surface area contributed by atoms with E-state index in [1.54, 1.807) is 0 Å². The maximum absolute atomic E-state index is 12.2. The summed E-state index contributed by atoms with van der Waals surface area (Å²) >= 11 is 4.78. The first kappa shape index (κ1) is 15.3. The van der Waals surface area contributed by atoms with Gasteiger partial charge in [-0.15, -0.1) is 0 Å². The van der Waals surface area contributed by atoms with Gasteiger partial charge in [-0.05, 0) is 25.5 Å².